The highest BCUT2D eigenvalue weighted by molar-refractivity contribution is 6.07. The molecular formula is C27H31NO2. The summed E-state index contributed by atoms with van der Waals surface area (Å²) in [5, 5.41) is 5.36. The Bertz CT molecular complexity index is 1030. The summed E-state index contributed by atoms with van der Waals surface area (Å²) < 4.78 is 5.93. The van der Waals surface area contributed by atoms with Crippen molar-refractivity contribution in [2.24, 2.45) is 0 Å². The third-order valence-corrected chi connectivity index (χ3v) is 6.31. The zero-order chi connectivity index (χ0) is 21.0. The van der Waals surface area contributed by atoms with Crippen molar-refractivity contribution in [2.45, 2.75) is 57.8 Å². The second-order valence-electron chi connectivity index (χ2n) is 8.47. The van der Waals surface area contributed by atoms with Gasteiger partial charge in [-0.25, -0.2) is 0 Å². The number of fused-ring (bicyclic) bond motifs is 1. The molecule has 1 aliphatic rings. The van der Waals surface area contributed by atoms with Gasteiger partial charge in [-0.3, -0.25) is 4.79 Å². The zero-order valence-corrected chi connectivity index (χ0v) is 18.0. The van der Waals surface area contributed by atoms with E-state index in [2.05, 4.69) is 55.6 Å². The van der Waals surface area contributed by atoms with E-state index in [1.807, 2.05) is 24.3 Å². The summed E-state index contributed by atoms with van der Waals surface area (Å²) in [5.74, 6) is 0.983. The molecule has 3 nitrogen and oxygen atoms in total. The van der Waals surface area contributed by atoms with Crippen LogP contribution in [0.5, 0.6) is 5.75 Å². The minimum atomic E-state index is -0.456. The van der Waals surface area contributed by atoms with Crippen molar-refractivity contribution < 1.29 is 9.53 Å². The lowest BCUT2D eigenvalue weighted by Gasteiger charge is -2.36. The van der Waals surface area contributed by atoms with Crippen molar-refractivity contribution in [3.05, 3.63) is 71.8 Å². The van der Waals surface area contributed by atoms with Gasteiger partial charge in [0.1, 0.15) is 5.75 Å². The molecule has 0 heterocycles. The van der Waals surface area contributed by atoms with E-state index in [1.54, 1.807) is 0 Å². The normalized spacial score (nSPS) is 15.7. The van der Waals surface area contributed by atoms with Gasteiger partial charge in [0.25, 0.3) is 0 Å². The van der Waals surface area contributed by atoms with Gasteiger partial charge in [-0.2, -0.15) is 0 Å². The molecular weight excluding hydrogens is 370 g/mol. The van der Waals surface area contributed by atoms with Crippen molar-refractivity contribution in [2.75, 3.05) is 11.9 Å². The van der Waals surface area contributed by atoms with Gasteiger partial charge in [-0.05, 0) is 43.9 Å². The molecule has 1 saturated carbocycles. The molecule has 30 heavy (non-hydrogen) atoms. The first-order valence-corrected chi connectivity index (χ1v) is 11.2. The minimum Gasteiger partial charge on any atom is -0.493 e. The number of amides is 1. The summed E-state index contributed by atoms with van der Waals surface area (Å²) in [6, 6.07) is 20.6. The second-order valence-corrected chi connectivity index (χ2v) is 8.47. The van der Waals surface area contributed by atoms with Crippen LogP contribution in [0.15, 0.2) is 60.7 Å². The van der Waals surface area contributed by atoms with Crippen LogP contribution in [0.4, 0.5) is 5.69 Å². The fourth-order valence-electron chi connectivity index (χ4n) is 4.71. The molecule has 1 N–H and O–H groups in total. The van der Waals surface area contributed by atoms with E-state index in [1.165, 1.54) is 12.0 Å². The third-order valence-electron chi connectivity index (χ3n) is 6.31. The molecule has 0 unspecified atom stereocenters. The lowest BCUT2D eigenvalue weighted by atomic mass is 9.68. The number of aryl methyl sites for hydroxylation is 1. The molecule has 156 valence electrons. The number of benzene rings is 3. The summed E-state index contributed by atoms with van der Waals surface area (Å²) in [4.78, 5) is 13.8. The van der Waals surface area contributed by atoms with Crippen LogP contribution >= 0.6 is 0 Å². The van der Waals surface area contributed by atoms with Crippen molar-refractivity contribution in [1.29, 1.82) is 0 Å². The Hall–Kier alpha value is -2.81. The van der Waals surface area contributed by atoms with Crippen molar-refractivity contribution in [1.82, 2.24) is 0 Å². The van der Waals surface area contributed by atoms with E-state index in [0.29, 0.717) is 6.61 Å². The molecule has 3 aromatic rings. The smallest absolute Gasteiger partial charge is 0.235 e. The summed E-state index contributed by atoms with van der Waals surface area (Å²) in [7, 11) is 0. The quantitative estimate of drug-likeness (QED) is 0.494. The summed E-state index contributed by atoms with van der Waals surface area (Å²) in [6.07, 6.45) is 6.15. The Labute approximate surface area is 179 Å². The monoisotopic (exact) mass is 401 g/mol. The van der Waals surface area contributed by atoms with E-state index in [-0.39, 0.29) is 5.91 Å². The van der Waals surface area contributed by atoms with Gasteiger partial charge in [0.2, 0.25) is 5.91 Å². The average molecular weight is 402 g/mol. The lowest BCUT2D eigenvalue weighted by Crippen LogP contribution is -2.42. The Morgan fingerprint density at radius 1 is 0.967 bits per heavy atom. The van der Waals surface area contributed by atoms with Crippen molar-refractivity contribution in [3.8, 4) is 5.75 Å². The number of rotatable bonds is 6. The van der Waals surface area contributed by atoms with Gasteiger partial charge in [0.05, 0.1) is 12.0 Å². The summed E-state index contributed by atoms with van der Waals surface area (Å²) >= 11 is 0. The highest BCUT2D eigenvalue weighted by atomic mass is 16.5. The highest BCUT2D eigenvalue weighted by Gasteiger charge is 2.41. The van der Waals surface area contributed by atoms with Crippen molar-refractivity contribution in [3.63, 3.8) is 0 Å². The molecule has 1 amide bonds. The molecule has 0 saturated heterocycles. The fourth-order valence-corrected chi connectivity index (χ4v) is 4.71. The zero-order valence-electron chi connectivity index (χ0n) is 18.0. The van der Waals surface area contributed by atoms with Gasteiger partial charge in [0.15, 0.2) is 0 Å². The predicted octanol–water partition coefficient (Wildman–Crippen LogP) is 6.78. The minimum absolute atomic E-state index is 0.111. The number of hydrogen-bond donors (Lipinski definition) is 1. The maximum atomic E-state index is 13.8. The van der Waals surface area contributed by atoms with Crippen LogP contribution in [0.3, 0.4) is 0 Å². The fraction of sp³-hybridized carbons (Fsp3) is 0.370. The Morgan fingerprint density at radius 2 is 1.73 bits per heavy atom. The van der Waals surface area contributed by atoms with Crippen LogP contribution in [0.25, 0.3) is 10.8 Å². The molecule has 0 radical (unpaired) electrons. The highest BCUT2D eigenvalue weighted by Crippen LogP contribution is 2.41. The van der Waals surface area contributed by atoms with Gasteiger partial charge < -0.3 is 10.1 Å². The Morgan fingerprint density at radius 3 is 2.47 bits per heavy atom. The second kappa shape index (κ2) is 8.91. The lowest BCUT2D eigenvalue weighted by molar-refractivity contribution is -0.122. The molecule has 0 aromatic heterocycles. The SMILES string of the molecule is CCCOc1ccc(NC(=O)C2(c3cccc(C)c3)CCCCC2)c2ccccc12. The topological polar surface area (TPSA) is 38.3 Å². The first-order valence-electron chi connectivity index (χ1n) is 11.2. The van der Waals surface area contributed by atoms with Crippen LogP contribution in [0, 0.1) is 6.92 Å². The van der Waals surface area contributed by atoms with Gasteiger partial charge >= 0.3 is 0 Å². The van der Waals surface area contributed by atoms with Crippen LogP contribution in [-0.2, 0) is 10.2 Å². The number of nitrogens with one attached hydrogen (secondary N) is 1. The summed E-state index contributed by atoms with van der Waals surface area (Å²) in [6.45, 7) is 4.89. The number of ether oxygens (including phenoxy) is 1. The maximum absolute atomic E-state index is 13.8. The molecule has 1 fully saturated rings. The summed E-state index contributed by atoms with van der Waals surface area (Å²) in [5.41, 5.74) is 2.75. The van der Waals surface area contributed by atoms with Gasteiger partial charge in [0, 0.05) is 16.5 Å². The first-order chi connectivity index (χ1) is 14.6. The Balaban J connectivity index is 1.70. The van der Waals surface area contributed by atoms with Crippen LogP contribution < -0.4 is 10.1 Å². The van der Waals surface area contributed by atoms with E-state index in [9.17, 15) is 4.79 Å². The number of carbonyl (C=O) groups is 1. The van der Waals surface area contributed by atoms with Crippen LogP contribution in [0.2, 0.25) is 0 Å². The maximum Gasteiger partial charge on any atom is 0.235 e. The first kappa shape index (κ1) is 20.5. The number of anilines is 1. The molecule has 1 aliphatic carbocycles. The Kier molecular flexibility index (Phi) is 6.08. The third kappa shape index (κ3) is 3.94. The van der Waals surface area contributed by atoms with Crippen LogP contribution in [-0.4, -0.2) is 12.5 Å². The van der Waals surface area contributed by atoms with E-state index in [4.69, 9.17) is 4.74 Å². The van der Waals surface area contributed by atoms with Gasteiger partial charge in [-0.15, -0.1) is 0 Å². The number of hydrogen-bond acceptors (Lipinski definition) is 2. The standard InChI is InChI=1S/C27H31NO2/c1-3-18-30-25-15-14-24(22-12-5-6-13-23(22)25)28-26(29)27(16-7-4-8-17-27)21-11-9-10-20(2)19-21/h5-6,9-15,19H,3-4,7-8,16-18H2,1-2H3,(H,28,29). The average Bonchev–Trinajstić information content (AvgIpc) is 2.79. The largest absolute Gasteiger partial charge is 0.493 e. The van der Waals surface area contributed by atoms with E-state index < -0.39 is 5.41 Å². The molecule has 4 rings (SSSR count). The predicted molar refractivity (Wildman–Crippen MR) is 124 cm³/mol. The van der Waals surface area contributed by atoms with Gasteiger partial charge in [-0.1, -0.05) is 80.3 Å². The van der Waals surface area contributed by atoms with E-state index in [0.717, 1.165) is 59.9 Å². The molecule has 0 aliphatic heterocycles. The molecule has 0 atom stereocenters. The van der Waals surface area contributed by atoms with Crippen molar-refractivity contribution >= 4 is 22.4 Å². The molecule has 0 spiro atoms. The van der Waals surface area contributed by atoms with E-state index >= 15 is 0 Å². The molecule has 0 bridgehead atoms. The molecule has 3 heteroatoms. The molecule has 3 aromatic carbocycles. The number of carbonyl (C=O) groups excluding carboxylic acids is 1. The van der Waals surface area contributed by atoms with Crippen LogP contribution in [0.1, 0.15) is 56.6 Å².